The second-order valence-electron chi connectivity index (χ2n) is 7.75. The van der Waals surface area contributed by atoms with Gasteiger partial charge >= 0.3 is 11.1 Å². The third-order valence-corrected chi connectivity index (χ3v) is 5.79. The lowest BCUT2D eigenvalue weighted by atomic mass is 10.0. The Hall–Kier alpha value is -3.06. The molecule has 0 aliphatic carbocycles. The number of Topliss-reactive ketones (excluding diaryl/α,β-unsaturated/α-hetero) is 1. The molecule has 0 bridgehead atoms. The quantitative estimate of drug-likeness (QED) is 0.501. The molecule has 7 heteroatoms. The Balaban J connectivity index is 1.35. The zero-order chi connectivity index (χ0) is 21.1. The number of carbonyl (C=O) groups is 1. The van der Waals surface area contributed by atoms with Crippen molar-refractivity contribution in [3.63, 3.8) is 0 Å². The Morgan fingerprint density at radius 1 is 1.03 bits per heavy atom. The van der Waals surface area contributed by atoms with Crippen molar-refractivity contribution < 1.29 is 9.18 Å². The van der Waals surface area contributed by atoms with Crippen LogP contribution >= 0.6 is 0 Å². The summed E-state index contributed by atoms with van der Waals surface area (Å²) in [6, 6.07) is 13.0. The third-order valence-electron chi connectivity index (χ3n) is 5.79. The van der Waals surface area contributed by atoms with Gasteiger partial charge in [0, 0.05) is 31.1 Å². The van der Waals surface area contributed by atoms with E-state index in [1.54, 1.807) is 10.6 Å². The van der Waals surface area contributed by atoms with Crippen LogP contribution in [-0.2, 0) is 0 Å². The monoisotopic (exact) mass is 409 g/mol. The number of rotatable bonds is 6. The van der Waals surface area contributed by atoms with Gasteiger partial charge in [0.2, 0.25) is 0 Å². The number of para-hydroxylation sites is 2. The smallest absolute Gasteiger partial charge is 0.316 e. The molecule has 1 aromatic heterocycles. The van der Waals surface area contributed by atoms with Gasteiger partial charge in [-0.1, -0.05) is 12.1 Å². The largest absolute Gasteiger partial charge is 0.316 e. The summed E-state index contributed by atoms with van der Waals surface area (Å²) in [7, 11) is 0. The average molecular weight is 409 g/mol. The van der Waals surface area contributed by atoms with Gasteiger partial charge in [-0.05, 0) is 62.2 Å². The lowest BCUT2D eigenvalue weighted by Crippen LogP contribution is -2.42. The highest BCUT2D eigenvalue weighted by molar-refractivity contribution is 5.95. The summed E-state index contributed by atoms with van der Waals surface area (Å²) >= 11 is 0. The number of ketones is 1. The van der Waals surface area contributed by atoms with E-state index in [1.165, 1.54) is 24.3 Å². The van der Waals surface area contributed by atoms with Crippen LogP contribution in [-0.4, -0.2) is 39.9 Å². The molecule has 0 atom stereocenters. The highest BCUT2D eigenvalue weighted by atomic mass is 19.1. The number of aromatic amines is 1. The fraction of sp³-hybridized carbons (Fsp3) is 0.348. The molecule has 0 radical (unpaired) electrons. The van der Waals surface area contributed by atoms with Crippen LogP contribution in [0.1, 0.15) is 42.1 Å². The van der Waals surface area contributed by atoms with E-state index in [0.29, 0.717) is 17.5 Å². The molecule has 1 aliphatic heterocycles. The van der Waals surface area contributed by atoms with Crippen LogP contribution in [0.25, 0.3) is 11.0 Å². The van der Waals surface area contributed by atoms with Gasteiger partial charge in [0.1, 0.15) is 5.82 Å². The van der Waals surface area contributed by atoms with Crippen molar-refractivity contribution >= 4 is 16.8 Å². The van der Waals surface area contributed by atoms with E-state index < -0.39 is 11.1 Å². The lowest BCUT2D eigenvalue weighted by molar-refractivity contribution is 0.0970. The first-order valence-electron chi connectivity index (χ1n) is 10.3. The highest BCUT2D eigenvalue weighted by Crippen LogP contribution is 2.24. The summed E-state index contributed by atoms with van der Waals surface area (Å²) in [6.45, 7) is 2.41. The third kappa shape index (κ3) is 4.26. The van der Waals surface area contributed by atoms with E-state index in [2.05, 4.69) is 9.88 Å². The van der Waals surface area contributed by atoms with Crippen molar-refractivity contribution in [1.29, 1.82) is 0 Å². The molecule has 0 amide bonds. The maximum absolute atomic E-state index is 13.0. The van der Waals surface area contributed by atoms with Crippen LogP contribution in [0.4, 0.5) is 4.39 Å². The second kappa shape index (κ2) is 8.75. The fourth-order valence-electron chi connectivity index (χ4n) is 4.19. The van der Waals surface area contributed by atoms with Gasteiger partial charge < -0.3 is 9.88 Å². The Morgan fingerprint density at radius 3 is 2.47 bits per heavy atom. The zero-order valence-corrected chi connectivity index (χ0v) is 16.6. The summed E-state index contributed by atoms with van der Waals surface area (Å²) < 4.78 is 14.6. The fourth-order valence-corrected chi connectivity index (χ4v) is 4.19. The molecule has 30 heavy (non-hydrogen) atoms. The van der Waals surface area contributed by atoms with Gasteiger partial charge in [0.15, 0.2) is 5.78 Å². The Bertz CT molecular complexity index is 1160. The van der Waals surface area contributed by atoms with E-state index in [0.717, 1.165) is 44.4 Å². The van der Waals surface area contributed by atoms with Crippen LogP contribution in [0, 0.1) is 5.82 Å². The van der Waals surface area contributed by atoms with Crippen LogP contribution in [0.2, 0.25) is 0 Å². The van der Waals surface area contributed by atoms with Crippen LogP contribution in [0.3, 0.4) is 0 Å². The maximum Gasteiger partial charge on any atom is 0.316 e. The number of aromatic nitrogens is 2. The molecule has 1 aliphatic rings. The van der Waals surface area contributed by atoms with E-state index in [1.807, 2.05) is 18.2 Å². The summed E-state index contributed by atoms with van der Waals surface area (Å²) in [5.41, 5.74) is 0.873. The predicted octanol–water partition coefficient (Wildman–Crippen LogP) is 3.13. The number of nitrogens with zero attached hydrogens (tertiary/aromatic N) is 2. The van der Waals surface area contributed by atoms with Crippen molar-refractivity contribution in [3.05, 3.63) is 80.6 Å². The van der Waals surface area contributed by atoms with Gasteiger partial charge in [-0.25, -0.2) is 4.39 Å². The molecular formula is C23H24FN3O3. The number of piperidine rings is 1. The number of benzene rings is 2. The van der Waals surface area contributed by atoms with E-state index >= 15 is 0 Å². The predicted molar refractivity (Wildman–Crippen MR) is 114 cm³/mol. The first kappa shape index (κ1) is 20.2. The number of likely N-dealkylation sites (tertiary alicyclic amines) is 1. The standard InChI is InChI=1S/C23H24FN3O3/c24-17-9-7-16(8-10-17)21(28)6-3-13-26-14-11-18(12-15-26)27-20-5-2-1-4-19(20)25-22(29)23(27)30/h1-2,4-5,7-10,18H,3,6,11-15H2,(H,25,29). The number of nitrogens with one attached hydrogen (secondary N) is 1. The Labute approximate surface area is 173 Å². The summed E-state index contributed by atoms with van der Waals surface area (Å²) in [5, 5.41) is 0. The molecule has 0 spiro atoms. The zero-order valence-electron chi connectivity index (χ0n) is 16.6. The molecule has 1 saturated heterocycles. The number of hydrogen-bond acceptors (Lipinski definition) is 4. The van der Waals surface area contributed by atoms with Crippen LogP contribution < -0.4 is 11.1 Å². The van der Waals surface area contributed by atoms with E-state index in [-0.39, 0.29) is 17.6 Å². The van der Waals surface area contributed by atoms with Crippen LogP contribution in [0.15, 0.2) is 58.1 Å². The topological polar surface area (TPSA) is 75.2 Å². The second-order valence-corrected chi connectivity index (χ2v) is 7.75. The minimum atomic E-state index is -0.588. The first-order chi connectivity index (χ1) is 14.5. The number of H-pyrrole nitrogens is 1. The van der Waals surface area contributed by atoms with Crippen molar-refractivity contribution in [1.82, 2.24) is 14.5 Å². The summed E-state index contributed by atoms with van der Waals surface area (Å²) in [5.74, 6) is -0.326. The minimum absolute atomic E-state index is 0.0122. The van der Waals surface area contributed by atoms with Gasteiger partial charge in [-0.15, -0.1) is 0 Å². The van der Waals surface area contributed by atoms with Crippen molar-refractivity contribution in [2.45, 2.75) is 31.7 Å². The number of halogens is 1. The molecule has 3 aromatic rings. The molecular weight excluding hydrogens is 385 g/mol. The maximum atomic E-state index is 13.0. The molecule has 1 N–H and O–H groups in total. The molecule has 1 fully saturated rings. The van der Waals surface area contributed by atoms with Crippen molar-refractivity contribution in [2.75, 3.05) is 19.6 Å². The van der Waals surface area contributed by atoms with Gasteiger partial charge in [0.25, 0.3) is 0 Å². The van der Waals surface area contributed by atoms with Gasteiger partial charge in [-0.3, -0.25) is 19.0 Å². The molecule has 2 aromatic carbocycles. The van der Waals surface area contributed by atoms with Crippen LogP contribution in [0.5, 0.6) is 0 Å². The number of carbonyl (C=O) groups excluding carboxylic acids is 1. The molecule has 6 nitrogen and oxygen atoms in total. The SMILES string of the molecule is O=C(CCCN1CCC(n2c(=O)c(=O)[nH]c3ccccc32)CC1)c1ccc(F)cc1. The highest BCUT2D eigenvalue weighted by Gasteiger charge is 2.23. The minimum Gasteiger partial charge on any atom is -0.316 e. The van der Waals surface area contributed by atoms with E-state index in [4.69, 9.17) is 0 Å². The number of fused-ring (bicyclic) bond motifs is 1. The normalized spacial score (nSPS) is 15.5. The molecule has 0 saturated carbocycles. The van der Waals surface area contributed by atoms with E-state index in [9.17, 15) is 18.8 Å². The lowest BCUT2D eigenvalue weighted by Gasteiger charge is -2.33. The van der Waals surface area contributed by atoms with Gasteiger partial charge in [-0.2, -0.15) is 0 Å². The Morgan fingerprint density at radius 2 is 1.73 bits per heavy atom. The summed E-state index contributed by atoms with van der Waals surface area (Å²) in [6.07, 6.45) is 2.71. The molecule has 4 rings (SSSR count). The van der Waals surface area contributed by atoms with Crippen molar-refractivity contribution in [2.24, 2.45) is 0 Å². The first-order valence-corrected chi connectivity index (χ1v) is 10.3. The molecule has 156 valence electrons. The average Bonchev–Trinajstić information content (AvgIpc) is 2.76. The molecule has 2 heterocycles. The molecule has 0 unspecified atom stereocenters. The Kier molecular flexibility index (Phi) is 5.90. The number of hydrogen-bond donors (Lipinski definition) is 1. The van der Waals surface area contributed by atoms with Gasteiger partial charge in [0.05, 0.1) is 11.0 Å². The van der Waals surface area contributed by atoms with Crippen molar-refractivity contribution in [3.8, 4) is 0 Å². The summed E-state index contributed by atoms with van der Waals surface area (Å²) in [4.78, 5) is 41.7.